The lowest BCUT2D eigenvalue weighted by Crippen LogP contribution is -2.45. The summed E-state index contributed by atoms with van der Waals surface area (Å²) in [6.45, 7) is 4.85. The number of nitrogens with two attached hydrogens (primary N) is 1. The molecule has 0 aliphatic heterocycles. The second-order valence-corrected chi connectivity index (χ2v) is 6.03. The molecule has 2 unspecified atom stereocenters. The van der Waals surface area contributed by atoms with E-state index in [1.54, 1.807) is 0 Å². The van der Waals surface area contributed by atoms with Crippen LogP contribution in [0.5, 0.6) is 0 Å². The Bertz CT molecular complexity index is 650. The molecule has 0 bridgehead atoms. The number of hydrazine groups is 1. The van der Waals surface area contributed by atoms with Crippen LogP contribution < -0.4 is 11.3 Å². The zero-order valence-corrected chi connectivity index (χ0v) is 13.2. The Labute approximate surface area is 130 Å². The molecule has 5 heteroatoms. The lowest BCUT2D eigenvalue weighted by atomic mass is 9.72. The smallest absolute Gasteiger partial charge is 0.0847 e. The highest BCUT2D eigenvalue weighted by Crippen LogP contribution is 2.38. The first kappa shape index (κ1) is 14.6. The van der Waals surface area contributed by atoms with Crippen molar-refractivity contribution in [3.8, 4) is 0 Å². The van der Waals surface area contributed by atoms with Crippen molar-refractivity contribution >= 4 is 11.6 Å². The van der Waals surface area contributed by atoms with E-state index in [-0.39, 0.29) is 6.04 Å². The first-order chi connectivity index (χ1) is 10.2. The van der Waals surface area contributed by atoms with E-state index in [1.807, 2.05) is 11.6 Å². The number of nitrogens with one attached hydrogen (secondary N) is 1. The maximum absolute atomic E-state index is 6.41. The molecule has 0 amide bonds. The lowest BCUT2D eigenvalue weighted by molar-refractivity contribution is 0.394. The van der Waals surface area contributed by atoms with Gasteiger partial charge in [0.05, 0.1) is 16.4 Å². The molecule has 1 aliphatic carbocycles. The third-order valence-corrected chi connectivity index (χ3v) is 4.95. The van der Waals surface area contributed by atoms with E-state index in [0.29, 0.717) is 5.92 Å². The van der Waals surface area contributed by atoms with Crippen LogP contribution in [0, 0.1) is 6.92 Å². The van der Waals surface area contributed by atoms with Crippen molar-refractivity contribution in [3.63, 3.8) is 0 Å². The van der Waals surface area contributed by atoms with Crippen molar-refractivity contribution in [3.05, 3.63) is 51.8 Å². The van der Waals surface area contributed by atoms with Crippen LogP contribution in [0.4, 0.5) is 0 Å². The molecule has 3 N–H and O–H groups in total. The van der Waals surface area contributed by atoms with Crippen LogP contribution in [0.25, 0.3) is 0 Å². The molecule has 4 nitrogen and oxygen atoms in total. The minimum absolute atomic E-state index is 0.179. The van der Waals surface area contributed by atoms with Crippen LogP contribution in [0.1, 0.15) is 35.4 Å². The fraction of sp³-hybridized carbons (Fsp3) is 0.438. The molecule has 1 aromatic carbocycles. The summed E-state index contributed by atoms with van der Waals surface area (Å²) in [5, 5.41) is 5.25. The Balaban J connectivity index is 1.84. The van der Waals surface area contributed by atoms with Crippen molar-refractivity contribution in [2.75, 3.05) is 0 Å². The molecule has 0 fully saturated rings. The van der Waals surface area contributed by atoms with Crippen molar-refractivity contribution in [2.24, 2.45) is 5.84 Å². The Morgan fingerprint density at radius 3 is 2.90 bits per heavy atom. The minimum atomic E-state index is 0.179. The van der Waals surface area contributed by atoms with E-state index in [4.69, 9.17) is 17.4 Å². The molecule has 1 heterocycles. The van der Waals surface area contributed by atoms with Gasteiger partial charge >= 0.3 is 0 Å². The van der Waals surface area contributed by atoms with Crippen molar-refractivity contribution < 1.29 is 0 Å². The first-order valence-electron chi connectivity index (χ1n) is 7.41. The minimum Gasteiger partial charge on any atom is -0.271 e. The quantitative estimate of drug-likeness (QED) is 0.659. The van der Waals surface area contributed by atoms with Gasteiger partial charge in [-0.1, -0.05) is 35.9 Å². The molecule has 21 heavy (non-hydrogen) atoms. The van der Waals surface area contributed by atoms with Gasteiger partial charge in [-0.2, -0.15) is 5.10 Å². The number of aromatic nitrogens is 2. The van der Waals surface area contributed by atoms with E-state index >= 15 is 0 Å². The molecule has 0 saturated carbocycles. The van der Waals surface area contributed by atoms with Crippen LogP contribution in [-0.4, -0.2) is 15.8 Å². The lowest BCUT2D eigenvalue weighted by Gasteiger charge is -2.36. The third-order valence-electron chi connectivity index (χ3n) is 4.46. The Morgan fingerprint density at radius 1 is 1.48 bits per heavy atom. The summed E-state index contributed by atoms with van der Waals surface area (Å²) in [7, 11) is 0. The van der Waals surface area contributed by atoms with Gasteiger partial charge in [0.1, 0.15) is 0 Å². The van der Waals surface area contributed by atoms with Crippen LogP contribution in [-0.2, 0) is 19.4 Å². The van der Waals surface area contributed by atoms with Crippen LogP contribution >= 0.6 is 11.6 Å². The van der Waals surface area contributed by atoms with Gasteiger partial charge in [0.25, 0.3) is 0 Å². The zero-order valence-electron chi connectivity index (χ0n) is 12.4. The van der Waals surface area contributed by atoms with Gasteiger partial charge in [0, 0.05) is 24.9 Å². The second kappa shape index (κ2) is 5.79. The molecule has 0 spiro atoms. The number of nitrogens with zero attached hydrogens (tertiary/aromatic N) is 2. The maximum Gasteiger partial charge on any atom is 0.0847 e. The summed E-state index contributed by atoms with van der Waals surface area (Å²) in [5.41, 5.74) is 7.77. The fourth-order valence-electron chi connectivity index (χ4n) is 3.25. The standard InChI is InChI=1S/C16H21ClN4/c1-3-21-15(16(17)10(2)20-21)9-14(19-18)13-8-11-6-4-5-7-12(11)13/h4-7,13-14,19H,3,8-9,18H2,1-2H3. The molecular weight excluding hydrogens is 284 g/mol. The Morgan fingerprint density at radius 2 is 2.24 bits per heavy atom. The van der Waals surface area contributed by atoms with Gasteiger partial charge in [0.15, 0.2) is 0 Å². The number of hydrogen-bond acceptors (Lipinski definition) is 3. The number of fused-ring (bicyclic) bond motifs is 1. The molecule has 1 aliphatic rings. The monoisotopic (exact) mass is 304 g/mol. The summed E-state index contributed by atoms with van der Waals surface area (Å²) in [6.07, 6.45) is 1.87. The third kappa shape index (κ3) is 2.48. The van der Waals surface area contributed by atoms with E-state index in [2.05, 4.69) is 41.7 Å². The fourth-order valence-corrected chi connectivity index (χ4v) is 3.46. The maximum atomic E-state index is 6.41. The van der Waals surface area contributed by atoms with E-state index in [9.17, 15) is 0 Å². The van der Waals surface area contributed by atoms with Crippen LogP contribution in [0.3, 0.4) is 0 Å². The highest BCUT2D eigenvalue weighted by Gasteiger charge is 2.33. The average molecular weight is 305 g/mol. The van der Waals surface area contributed by atoms with E-state index in [1.165, 1.54) is 11.1 Å². The van der Waals surface area contributed by atoms with Gasteiger partial charge < -0.3 is 0 Å². The molecule has 0 saturated heterocycles. The SMILES string of the molecule is CCn1nc(C)c(Cl)c1CC(NN)C1Cc2ccccc21. The van der Waals surface area contributed by atoms with E-state index < -0.39 is 0 Å². The number of aryl methyl sites for hydroxylation is 2. The van der Waals surface area contributed by atoms with Gasteiger partial charge in [-0.15, -0.1) is 0 Å². The van der Waals surface area contributed by atoms with Gasteiger partial charge in [0.2, 0.25) is 0 Å². The molecule has 112 valence electrons. The summed E-state index contributed by atoms with van der Waals surface area (Å²) < 4.78 is 1.98. The molecule has 0 radical (unpaired) electrons. The summed E-state index contributed by atoms with van der Waals surface area (Å²) in [6, 6.07) is 8.74. The summed E-state index contributed by atoms with van der Waals surface area (Å²) in [4.78, 5) is 0. The number of benzene rings is 1. The van der Waals surface area contributed by atoms with Crippen molar-refractivity contribution in [1.29, 1.82) is 0 Å². The number of halogens is 1. The second-order valence-electron chi connectivity index (χ2n) is 5.65. The average Bonchev–Trinajstić information content (AvgIpc) is 2.74. The molecule has 2 aromatic rings. The van der Waals surface area contributed by atoms with Crippen molar-refractivity contribution in [1.82, 2.24) is 15.2 Å². The molecule has 3 rings (SSSR count). The van der Waals surface area contributed by atoms with Gasteiger partial charge in [-0.05, 0) is 31.4 Å². The Hall–Kier alpha value is -1.36. The van der Waals surface area contributed by atoms with Crippen LogP contribution in [0.2, 0.25) is 5.02 Å². The normalized spacial score (nSPS) is 18.2. The zero-order chi connectivity index (χ0) is 15.0. The number of rotatable bonds is 5. The topological polar surface area (TPSA) is 55.9 Å². The highest BCUT2D eigenvalue weighted by atomic mass is 35.5. The molecular formula is C16H21ClN4. The molecule has 1 aromatic heterocycles. The molecule has 2 atom stereocenters. The largest absolute Gasteiger partial charge is 0.271 e. The van der Waals surface area contributed by atoms with Crippen molar-refractivity contribution in [2.45, 2.75) is 45.2 Å². The predicted molar refractivity (Wildman–Crippen MR) is 85.4 cm³/mol. The highest BCUT2D eigenvalue weighted by molar-refractivity contribution is 6.31. The van der Waals surface area contributed by atoms with Gasteiger partial charge in [-0.25, -0.2) is 0 Å². The summed E-state index contributed by atoms with van der Waals surface area (Å²) >= 11 is 6.41. The van der Waals surface area contributed by atoms with Crippen LogP contribution in [0.15, 0.2) is 24.3 Å². The first-order valence-corrected chi connectivity index (χ1v) is 7.79. The summed E-state index contributed by atoms with van der Waals surface area (Å²) in [5.74, 6) is 6.26. The van der Waals surface area contributed by atoms with Gasteiger partial charge in [-0.3, -0.25) is 16.0 Å². The Kier molecular flexibility index (Phi) is 4.02. The number of hydrogen-bond donors (Lipinski definition) is 2. The van der Waals surface area contributed by atoms with E-state index in [0.717, 1.165) is 35.8 Å². The predicted octanol–water partition coefficient (Wildman–Crippen LogP) is 2.58.